The minimum atomic E-state index is -1.03. The number of anilines is 1. The second-order valence-corrected chi connectivity index (χ2v) is 6.79. The summed E-state index contributed by atoms with van der Waals surface area (Å²) < 4.78 is 2.99. The Hall–Kier alpha value is -2.35. The SMILES string of the molecule is CCCCc1nc2c(N)nc3cc(Br)ccc3c2n1CCNC(=O)O. The monoisotopic (exact) mass is 405 g/mol. The molecule has 1 aromatic carbocycles. The molecule has 132 valence electrons. The Balaban J connectivity index is 2.18. The number of carbonyl (C=O) groups is 1. The molecule has 7 nitrogen and oxygen atoms in total. The van der Waals surface area contributed by atoms with E-state index in [1.54, 1.807) is 0 Å². The van der Waals surface area contributed by atoms with Gasteiger partial charge in [0.15, 0.2) is 5.82 Å². The van der Waals surface area contributed by atoms with Gasteiger partial charge in [-0.05, 0) is 24.6 Å². The van der Waals surface area contributed by atoms with Crippen molar-refractivity contribution < 1.29 is 9.90 Å². The first-order valence-corrected chi connectivity index (χ1v) is 9.01. The molecule has 0 radical (unpaired) electrons. The smallest absolute Gasteiger partial charge is 0.404 e. The van der Waals surface area contributed by atoms with E-state index >= 15 is 0 Å². The molecule has 0 saturated heterocycles. The van der Waals surface area contributed by atoms with Gasteiger partial charge in [0.1, 0.15) is 11.3 Å². The summed E-state index contributed by atoms with van der Waals surface area (Å²) in [5.41, 5.74) is 8.52. The van der Waals surface area contributed by atoms with Crippen molar-refractivity contribution in [2.75, 3.05) is 12.3 Å². The van der Waals surface area contributed by atoms with E-state index in [2.05, 4.69) is 37.7 Å². The summed E-state index contributed by atoms with van der Waals surface area (Å²) in [5.74, 6) is 1.30. The van der Waals surface area contributed by atoms with Gasteiger partial charge in [0, 0.05) is 29.4 Å². The number of carboxylic acid groups (broad SMARTS) is 1. The molecule has 4 N–H and O–H groups in total. The van der Waals surface area contributed by atoms with Gasteiger partial charge < -0.3 is 20.7 Å². The molecule has 1 amide bonds. The molecule has 0 spiro atoms. The predicted octanol–water partition coefficient (Wildman–Crippen LogP) is 3.54. The molecule has 0 aliphatic rings. The van der Waals surface area contributed by atoms with E-state index in [0.29, 0.717) is 24.4 Å². The number of aryl methyl sites for hydroxylation is 1. The Kier molecular flexibility index (Phi) is 5.08. The van der Waals surface area contributed by atoms with E-state index in [1.165, 1.54) is 0 Å². The molecule has 0 aliphatic carbocycles. The van der Waals surface area contributed by atoms with Crippen molar-refractivity contribution in [1.82, 2.24) is 19.9 Å². The number of nitrogens with one attached hydrogen (secondary N) is 1. The quantitative estimate of drug-likeness (QED) is 0.581. The van der Waals surface area contributed by atoms with Gasteiger partial charge in [0.25, 0.3) is 0 Å². The fraction of sp³-hybridized carbons (Fsp3) is 0.353. The molecule has 0 fully saturated rings. The zero-order chi connectivity index (χ0) is 18.0. The molecule has 3 rings (SSSR count). The van der Waals surface area contributed by atoms with Crippen LogP contribution in [0.15, 0.2) is 22.7 Å². The van der Waals surface area contributed by atoms with E-state index in [9.17, 15) is 4.79 Å². The van der Waals surface area contributed by atoms with Crippen LogP contribution in [0.25, 0.3) is 21.9 Å². The second-order valence-electron chi connectivity index (χ2n) is 5.87. The molecular weight excluding hydrogens is 386 g/mol. The summed E-state index contributed by atoms with van der Waals surface area (Å²) >= 11 is 3.46. The Morgan fingerprint density at radius 1 is 1.40 bits per heavy atom. The number of hydrogen-bond donors (Lipinski definition) is 3. The summed E-state index contributed by atoms with van der Waals surface area (Å²) in [6.45, 7) is 2.93. The number of amides is 1. The van der Waals surface area contributed by atoms with E-state index in [0.717, 1.165) is 46.0 Å². The van der Waals surface area contributed by atoms with Crippen LogP contribution in [0, 0.1) is 0 Å². The van der Waals surface area contributed by atoms with Crippen molar-refractivity contribution in [2.45, 2.75) is 32.7 Å². The molecular formula is C17H20BrN5O2. The number of unbranched alkanes of at least 4 members (excludes halogenated alkanes) is 1. The lowest BCUT2D eigenvalue weighted by molar-refractivity contribution is 0.194. The standard InChI is InChI=1S/C17H20BrN5O2/c1-2-3-4-13-22-14-15(23(13)8-7-20-17(24)25)11-6-5-10(18)9-12(11)21-16(14)19/h5-6,9,20H,2-4,7-8H2,1H3,(H2,19,21)(H,24,25). The summed E-state index contributed by atoms with van der Waals surface area (Å²) in [6.07, 6.45) is 1.84. The van der Waals surface area contributed by atoms with E-state index in [-0.39, 0.29) is 0 Å². The number of fused-ring (bicyclic) bond motifs is 3. The molecule has 2 aromatic heterocycles. The first-order valence-electron chi connectivity index (χ1n) is 8.22. The van der Waals surface area contributed by atoms with Crippen LogP contribution in [0.1, 0.15) is 25.6 Å². The molecule has 25 heavy (non-hydrogen) atoms. The molecule has 0 aliphatic heterocycles. The number of nitrogens with two attached hydrogens (primary N) is 1. The Morgan fingerprint density at radius 2 is 2.20 bits per heavy atom. The van der Waals surface area contributed by atoms with Gasteiger partial charge in [-0.1, -0.05) is 29.3 Å². The number of hydrogen-bond acceptors (Lipinski definition) is 4. The van der Waals surface area contributed by atoms with Crippen LogP contribution in [0.3, 0.4) is 0 Å². The zero-order valence-corrected chi connectivity index (χ0v) is 15.5. The number of nitrogens with zero attached hydrogens (tertiary/aromatic N) is 3. The van der Waals surface area contributed by atoms with Gasteiger partial charge in [-0.25, -0.2) is 14.8 Å². The van der Waals surface area contributed by atoms with Crippen molar-refractivity contribution >= 4 is 49.8 Å². The molecule has 3 aromatic rings. The van der Waals surface area contributed by atoms with Crippen LogP contribution in [0.4, 0.5) is 10.6 Å². The third-order valence-corrected chi connectivity index (χ3v) is 4.60. The minimum absolute atomic E-state index is 0.306. The third-order valence-electron chi connectivity index (χ3n) is 4.11. The molecule has 0 atom stereocenters. The average molecular weight is 406 g/mol. The van der Waals surface area contributed by atoms with Crippen LogP contribution >= 0.6 is 15.9 Å². The van der Waals surface area contributed by atoms with Crippen molar-refractivity contribution in [3.05, 3.63) is 28.5 Å². The predicted molar refractivity (Wildman–Crippen MR) is 102 cm³/mol. The van der Waals surface area contributed by atoms with Gasteiger partial charge >= 0.3 is 6.09 Å². The Morgan fingerprint density at radius 3 is 2.92 bits per heavy atom. The number of nitrogen functional groups attached to an aromatic ring is 1. The van der Waals surface area contributed by atoms with Crippen molar-refractivity contribution in [1.29, 1.82) is 0 Å². The van der Waals surface area contributed by atoms with Crippen LogP contribution in [0.5, 0.6) is 0 Å². The number of rotatable bonds is 6. The third kappa shape index (κ3) is 3.53. The highest BCUT2D eigenvalue weighted by atomic mass is 79.9. The number of halogens is 1. The maximum Gasteiger partial charge on any atom is 0.404 e. The van der Waals surface area contributed by atoms with Gasteiger partial charge in [-0.15, -0.1) is 0 Å². The molecule has 0 unspecified atom stereocenters. The number of imidazole rings is 1. The lowest BCUT2D eigenvalue weighted by Gasteiger charge is -2.11. The number of aromatic nitrogens is 3. The van der Waals surface area contributed by atoms with E-state index in [4.69, 9.17) is 15.8 Å². The summed E-state index contributed by atoms with van der Waals surface area (Å²) in [6, 6.07) is 5.86. The normalized spacial score (nSPS) is 11.3. The summed E-state index contributed by atoms with van der Waals surface area (Å²) in [7, 11) is 0. The highest BCUT2D eigenvalue weighted by molar-refractivity contribution is 9.10. The van der Waals surface area contributed by atoms with Crippen LogP contribution < -0.4 is 11.1 Å². The molecule has 0 saturated carbocycles. The van der Waals surface area contributed by atoms with Crippen LogP contribution in [-0.4, -0.2) is 32.3 Å². The number of pyridine rings is 1. The zero-order valence-electron chi connectivity index (χ0n) is 13.9. The average Bonchev–Trinajstić information content (AvgIpc) is 2.92. The molecule has 2 heterocycles. The van der Waals surface area contributed by atoms with Crippen LogP contribution in [0.2, 0.25) is 0 Å². The van der Waals surface area contributed by atoms with Crippen molar-refractivity contribution in [3.8, 4) is 0 Å². The van der Waals surface area contributed by atoms with Gasteiger partial charge in [0.05, 0.1) is 11.0 Å². The minimum Gasteiger partial charge on any atom is -0.465 e. The van der Waals surface area contributed by atoms with E-state index < -0.39 is 6.09 Å². The number of benzene rings is 1. The van der Waals surface area contributed by atoms with Gasteiger partial charge in [-0.2, -0.15) is 0 Å². The fourth-order valence-electron chi connectivity index (χ4n) is 2.97. The topological polar surface area (TPSA) is 106 Å². The lowest BCUT2D eigenvalue weighted by Crippen LogP contribution is -2.25. The van der Waals surface area contributed by atoms with Crippen LogP contribution in [-0.2, 0) is 13.0 Å². The highest BCUT2D eigenvalue weighted by Crippen LogP contribution is 2.30. The molecule has 0 bridgehead atoms. The summed E-state index contributed by atoms with van der Waals surface area (Å²) in [4.78, 5) is 20.0. The lowest BCUT2D eigenvalue weighted by atomic mass is 10.2. The molecule has 8 heteroatoms. The Labute approximate surface area is 153 Å². The maximum atomic E-state index is 10.8. The fourth-order valence-corrected chi connectivity index (χ4v) is 3.32. The van der Waals surface area contributed by atoms with Crippen molar-refractivity contribution in [3.63, 3.8) is 0 Å². The maximum absolute atomic E-state index is 10.8. The highest BCUT2D eigenvalue weighted by Gasteiger charge is 2.17. The Bertz CT molecular complexity index is 938. The van der Waals surface area contributed by atoms with E-state index in [1.807, 2.05) is 18.2 Å². The first-order chi connectivity index (χ1) is 12.0. The van der Waals surface area contributed by atoms with Crippen molar-refractivity contribution in [2.24, 2.45) is 0 Å². The largest absolute Gasteiger partial charge is 0.465 e. The summed E-state index contributed by atoms with van der Waals surface area (Å²) in [5, 5.41) is 12.2. The van der Waals surface area contributed by atoms with Gasteiger partial charge in [-0.3, -0.25) is 0 Å². The second kappa shape index (κ2) is 7.26. The first kappa shape index (κ1) is 17.5. The van der Waals surface area contributed by atoms with Gasteiger partial charge in [0.2, 0.25) is 0 Å².